The van der Waals surface area contributed by atoms with E-state index in [0.29, 0.717) is 18.8 Å². The molecule has 0 saturated heterocycles. The predicted octanol–water partition coefficient (Wildman–Crippen LogP) is 3.69. The van der Waals surface area contributed by atoms with Gasteiger partial charge in [0.1, 0.15) is 0 Å². The summed E-state index contributed by atoms with van der Waals surface area (Å²) in [5.41, 5.74) is 1.70. The lowest BCUT2D eigenvalue weighted by Gasteiger charge is -2.25. The maximum absolute atomic E-state index is 14.6. The van der Waals surface area contributed by atoms with Gasteiger partial charge in [0, 0.05) is 18.9 Å². The molecule has 1 atom stereocenters. The predicted molar refractivity (Wildman–Crippen MR) is 95.2 cm³/mol. The van der Waals surface area contributed by atoms with Crippen molar-refractivity contribution in [2.24, 2.45) is 0 Å². The molecular weight excluding hydrogens is 352 g/mol. The highest BCUT2D eigenvalue weighted by Crippen LogP contribution is 2.41. The number of nitrogens with zero attached hydrogens (tertiary/aromatic N) is 5. The second-order valence-corrected chi connectivity index (χ2v) is 6.18. The van der Waals surface area contributed by atoms with Crippen molar-refractivity contribution < 1.29 is 13.5 Å². The maximum Gasteiger partial charge on any atom is 0.199 e. The summed E-state index contributed by atoms with van der Waals surface area (Å²) in [5, 5.41) is 0. The van der Waals surface area contributed by atoms with Gasteiger partial charge in [0.2, 0.25) is 0 Å². The SMILES string of the molecule is CCC1c2cc(F)c(OC)cc2CN1c1nc(-c2ncccn2)ncc1F. The molecule has 1 aliphatic rings. The Bertz CT molecular complexity index is 983. The Kier molecular flexibility index (Phi) is 4.39. The van der Waals surface area contributed by atoms with Crippen LogP contribution < -0.4 is 9.64 Å². The topological polar surface area (TPSA) is 64.0 Å². The van der Waals surface area contributed by atoms with Gasteiger partial charge in [0.05, 0.1) is 19.3 Å². The molecule has 138 valence electrons. The molecule has 27 heavy (non-hydrogen) atoms. The van der Waals surface area contributed by atoms with Gasteiger partial charge in [-0.25, -0.2) is 28.7 Å². The van der Waals surface area contributed by atoms with Crippen molar-refractivity contribution in [3.8, 4) is 17.4 Å². The molecule has 3 heterocycles. The van der Waals surface area contributed by atoms with E-state index in [1.807, 2.05) is 11.8 Å². The zero-order valence-electron chi connectivity index (χ0n) is 14.9. The minimum atomic E-state index is -0.548. The summed E-state index contributed by atoms with van der Waals surface area (Å²) in [6.45, 7) is 2.36. The fourth-order valence-electron chi connectivity index (χ4n) is 3.42. The van der Waals surface area contributed by atoms with E-state index in [1.165, 1.54) is 13.2 Å². The smallest absolute Gasteiger partial charge is 0.199 e. The molecule has 1 aromatic carbocycles. The van der Waals surface area contributed by atoms with Crippen molar-refractivity contribution >= 4 is 5.82 Å². The van der Waals surface area contributed by atoms with Crippen LogP contribution in [0.15, 0.2) is 36.8 Å². The van der Waals surface area contributed by atoms with Crippen LogP contribution in [-0.2, 0) is 6.54 Å². The van der Waals surface area contributed by atoms with Crippen molar-refractivity contribution in [1.29, 1.82) is 0 Å². The van der Waals surface area contributed by atoms with Crippen molar-refractivity contribution in [3.05, 3.63) is 59.6 Å². The van der Waals surface area contributed by atoms with Gasteiger partial charge in [-0.1, -0.05) is 6.92 Å². The number of methoxy groups -OCH3 is 1. The van der Waals surface area contributed by atoms with Crippen LogP contribution in [0.4, 0.5) is 14.6 Å². The summed E-state index contributed by atoms with van der Waals surface area (Å²) in [6.07, 6.45) is 4.93. The molecule has 3 aromatic rings. The van der Waals surface area contributed by atoms with Crippen LogP contribution in [0.3, 0.4) is 0 Å². The van der Waals surface area contributed by atoms with Gasteiger partial charge in [-0.05, 0) is 35.7 Å². The molecule has 8 heteroatoms. The second-order valence-electron chi connectivity index (χ2n) is 6.18. The Morgan fingerprint density at radius 3 is 2.59 bits per heavy atom. The molecule has 0 bridgehead atoms. The second kappa shape index (κ2) is 6.86. The summed E-state index contributed by atoms with van der Waals surface area (Å²) in [7, 11) is 1.42. The van der Waals surface area contributed by atoms with Crippen LogP contribution >= 0.6 is 0 Å². The quantitative estimate of drug-likeness (QED) is 0.699. The summed E-state index contributed by atoms with van der Waals surface area (Å²) >= 11 is 0. The molecule has 1 aliphatic heterocycles. The Labute approximate surface area is 154 Å². The lowest BCUT2D eigenvalue weighted by molar-refractivity contribution is 0.385. The highest BCUT2D eigenvalue weighted by molar-refractivity contribution is 5.56. The Morgan fingerprint density at radius 2 is 1.89 bits per heavy atom. The summed E-state index contributed by atoms with van der Waals surface area (Å²) in [4.78, 5) is 18.4. The van der Waals surface area contributed by atoms with E-state index >= 15 is 0 Å². The van der Waals surface area contributed by atoms with Crippen LogP contribution in [0.25, 0.3) is 11.6 Å². The highest BCUT2D eigenvalue weighted by Gasteiger charge is 2.33. The van der Waals surface area contributed by atoms with Crippen LogP contribution in [0.5, 0.6) is 5.75 Å². The fraction of sp³-hybridized carbons (Fsp3) is 0.263. The molecule has 0 amide bonds. The standard InChI is InChI=1S/C19H17F2N5O/c1-3-15-12-8-13(20)16(27-2)7-11(12)10-26(15)19-14(21)9-24-18(25-19)17-22-5-4-6-23-17/h4-9,15H,3,10H2,1-2H3. The average Bonchev–Trinajstić information content (AvgIpc) is 3.05. The zero-order chi connectivity index (χ0) is 19.0. The van der Waals surface area contributed by atoms with Crippen molar-refractivity contribution in [3.63, 3.8) is 0 Å². The normalized spacial score (nSPS) is 15.7. The summed E-state index contributed by atoms with van der Waals surface area (Å²) in [6, 6.07) is 4.60. The van der Waals surface area contributed by atoms with Gasteiger partial charge < -0.3 is 9.64 Å². The van der Waals surface area contributed by atoms with Gasteiger partial charge >= 0.3 is 0 Å². The highest BCUT2D eigenvalue weighted by atomic mass is 19.1. The van der Waals surface area contributed by atoms with Gasteiger partial charge in [-0.3, -0.25) is 0 Å². The van der Waals surface area contributed by atoms with Gasteiger partial charge in [-0.15, -0.1) is 0 Å². The molecule has 4 rings (SSSR count). The van der Waals surface area contributed by atoms with Gasteiger partial charge in [0.25, 0.3) is 0 Å². The zero-order valence-corrected chi connectivity index (χ0v) is 14.9. The van der Waals surface area contributed by atoms with E-state index in [4.69, 9.17) is 4.74 Å². The molecule has 6 nitrogen and oxygen atoms in total. The molecule has 0 saturated carbocycles. The fourth-order valence-corrected chi connectivity index (χ4v) is 3.42. The summed E-state index contributed by atoms with van der Waals surface area (Å²) in [5.74, 6) is -0.105. The lowest BCUT2D eigenvalue weighted by atomic mass is 10.0. The van der Waals surface area contributed by atoms with E-state index in [1.54, 1.807) is 24.5 Å². The number of ether oxygens (including phenoxy) is 1. The van der Waals surface area contributed by atoms with Gasteiger partial charge in [0.15, 0.2) is 34.9 Å². The molecule has 0 fully saturated rings. The molecule has 0 spiro atoms. The third-order valence-electron chi connectivity index (χ3n) is 4.64. The largest absolute Gasteiger partial charge is 0.494 e. The van der Waals surface area contributed by atoms with Crippen molar-refractivity contribution in [2.75, 3.05) is 12.0 Å². The Hall–Kier alpha value is -3.16. The molecule has 0 radical (unpaired) electrons. The number of anilines is 1. The number of hydrogen-bond donors (Lipinski definition) is 0. The number of benzene rings is 1. The number of halogens is 2. The van der Waals surface area contributed by atoms with Crippen LogP contribution in [0, 0.1) is 11.6 Å². The molecule has 0 aliphatic carbocycles. The molecular formula is C19H17F2N5O. The van der Waals surface area contributed by atoms with Gasteiger partial charge in [-0.2, -0.15) is 0 Å². The molecule has 0 N–H and O–H groups in total. The van der Waals surface area contributed by atoms with E-state index in [2.05, 4.69) is 19.9 Å². The first-order chi connectivity index (χ1) is 13.1. The molecule has 2 aromatic heterocycles. The first kappa shape index (κ1) is 17.3. The van der Waals surface area contributed by atoms with Crippen LogP contribution in [-0.4, -0.2) is 27.0 Å². The lowest BCUT2D eigenvalue weighted by Crippen LogP contribution is -2.23. The Morgan fingerprint density at radius 1 is 1.11 bits per heavy atom. The third-order valence-corrected chi connectivity index (χ3v) is 4.64. The summed E-state index contributed by atoms with van der Waals surface area (Å²) < 4.78 is 33.8. The minimum Gasteiger partial charge on any atom is -0.494 e. The average molecular weight is 369 g/mol. The van der Waals surface area contributed by atoms with E-state index in [0.717, 1.165) is 17.3 Å². The van der Waals surface area contributed by atoms with Crippen LogP contribution in [0.2, 0.25) is 0 Å². The van der Waals surface area contributed by atoms with Crippen molar-refractivity contribution in [2.45, 2.75) is 25.9 Å². The first-order valence-electron chi connectivity index (χ1n) is 8.55. The first-order valence-corrected chi connectivity index (χ1v) is 8.55. The van der Waals surface area contributed by atoms with E-state index in [9.17, 15) is 8.78 Å². The van der Waals surface area contributed by atoms with E-state index in [-0.39, 0.29) is 23.4 Å². The van der Waals surface area contributed by atoms with E-state index < -0.39 is 11.6 Å². The Balaban J connectivity index is 1.77. The maximum atomic E-state index is 14.6. The number of rotatable bonds is 4. The third kappa shape index (κ3) is 2.97. The number of aromatic nitrogens is 4. The van der Waals surface area contributed by atoms with Crippen LogP contribution in [0.1, 0.15) is 30.5 Å². The number of fused-ring (bicyclic) bond motifs is 1. The van der Waals surface area contributed by atoms with Crippen molar-refractivity contribution in [1.82, 2.24) is 19.9 Å². The molecule has 1 unspecified atom stereocenters. The monoisotopic (exact) mass is 369 g/mol. The minimum absolute atomic E-state index is 0.148. The number of hydrogen-bond acceptors (Lipinski definition) is 6.